The van der Waals surface area contributed by atoms with Gasteiger partial charge in [0.25, 0.3) is 11.8 Å². The lowest BCUT2D eigenvalue weighted by Gasteiger charge is -2.29. The lowest BCUT2D eigenvalue weighted by molar-refractivity contribution is -0.154. The van der Waals surface area contributed by atoms with Gasteiger partial charge in [-0.3, -0.25) is 49.0 Å². The number of carboxylic acids is 1. The lowest BCUT2D eigenvalue weighted by atomic mass is 10.0. The first-order chi connectivity index (χ1) is 34.9. The number of halogens is 2. The number of rotatable bonds is 12. The van der Waals surface area contributed by atoms with Crippen molar-refractivity contribution in [2.75, 3.05) is 10.6 Å². The van der Waals surface area contributed by atoms with Crippen molar-refractivity contribution < 1.29 is 57.8 Å². The number of hydrogen-bond donors (Lipinski definition) is 7. The molecule has 75 heavy (non-hydrogen) atoms. The van der Waals surface area contributed by atoms with Gasteiger partial charge in [0.05, 0.1) is 12.8 Å². The number of imide groups is 2. The van der Waals surface area contributed by atoms with Crippen molar-refractivity contribution in [2.24, 2.45) is 0 Å². The first-order valence-corrected chi connectivity index (χ1v) is 24.3. The van der Waals surface area contributed by atoms with Crippen molar-refractivity contribution in [3.05, 3.63) is 126 Å². The number of fused-ring (bicyclic) bond motifs is 2. The summed E-state index contributed by atoms with van der Waals surface area (Å²) in [6, 6.07) is 14.6. The van der Waals surface area contributed by atoms with Crippen LogP contribution in [-0.4, -0.2) is 92.0 Å². The van der Waals surface area contributed by atoms with E-state index in [-0.39, 0.29) is 89.3 Å². The smallest absolute Gasteiger partial charge is 0.319 e. The maximum atomic E-state index is 13.0. The molecule has 4 aromatic rings. The average Bonchev–Trinajstić information content (AvgIpc) is 3.82. The van der Waals surface area contributed by atoms with Crippen LogP contribution in [0.2, 0.25) is 10.0 Å². The highest BCUT2D eigenvalue weighted by Gasteiger charge is 2.40. The van der Waals surface area contributed by atoms with Crippen molar-refractivity contribution in [3.63, 3.8) is 0 Å². The number of benzene rings is 4. The molecular formula is C53H58Cl2N8O12. The van der Waals surface area contributed by atoms with Gasteiger partial charge in [-0.05, 0) is 128 Å². The molecule has 20 nitrogen and oxygen atoms in total. The van der Waals surface area contributed by atoms with Crippen LogP contribution in [-0.2, 0) is 72.5 Å². The number of carboxylic acid groups (broad SMARTS) is 1. The molecule has 0 radical (unpaired) electrons. The third-order valence-electron chi connectivity index (χ3n) is 12.6. The minimum Gasteiger partial charge on any atom is -0.481 e. The molecular weight excluding hydrogens is 1010 g/mol. The van der Waals surface area contributed by atoms with Crippen LogP contribution in [0, 0.1) is 13.8 Å². The molecule has 4 aliphatic rings. The Morgan fingerprint density at radius 2 is 1.07 bits per heavy atom. The largest absolute Gasteiger partial charge is 0.481 e. The van der Waals surface area contributed by atoms with Crippen LogP contribution in [0.15, 0.2) is 60.7 Å². The van der Waals surface area contributed by atoms with Gasteiger partial charge in [0.15, 0.2) is 0 Å². The molecule has 8 rings (SSSR count). The zero-order chi connectivity index (χ0) is 53.8. The Morgan fingerprint density at radius 1 is 0.653 bits per heavy atom. The van der Waals surface area contributed by atoms with Crippen LogP contribution in [0.4, 0.5) is 21.0 Å². The average molecular weight is 1070 g/mol. The molecule has 7 N–H and O–H groups in total. The van der Waals surface area contributed by atoms with Crippen molar-refractivity contribution in [1.29, 1.82) is 0 Å². The molecule has 0 aromatic heterocycles. The highest BCUT2D eigenvalue weighted by atomic mass is 35.5. The van der Waals surface area contributed by atoms with Gasteiger partial charge in [-0.2, -0.15) is 0 Å². The standard InChI is InChI=1S/C28H31ClN4O6.C24H23ClN4O6.CH4/c1-15-18(11-24(35)39-28(2,3)4)10-19(12-21(15)29)31-27(38)30-13-16-5-6-17-14-33(26(37)20(17)9-16)22-7-8-23(34)32-25(22)36;1-12-15(8-21(31)32)7-16(9-18(12)25)27-24(35)26-10-13-2-3-14-11-29(23(34)17(14)6-13)19-4-5-20(30)28-22(19)33;/h5-6,9-10,12,22H,7-8,11,13-14H2,1-4H3,(H2,30,31,38)(H,32,34,36);2-3,6-7,9,19H,4-5,8,10-11H2,1H3,(H,31,32)(H2,26,27,35)(H,28,30,33);1H4. The Labute approximate surface area is 442 Å². The van der Waals surface area contributed by atoms with Gasteiger partial charge in [0.1, 0.15) is 17.7 Å². The predicted molar refractivity (Wildman–Crippen MR) is 277 cm³/mol. The molecule has 0 bridgehead atoms. The van der Waals surface area contributed by atoms with Gasteiger partial charge < -0.3 is 40.9 Å². The van der Waals surface area contributed by atoms with E-state index in [1.165, 1.54) is 9.80 Å². The fourth-order valence-corrected chi connectivity index (χ4v) is 9.30. The third-order valence-corrected chi connectivity index (χ3v) is 13.4. The number of anilines is 2. The van der Waals surface area contributed by atoms with Crippen LogP contribution in [0.25, 0.3) is 0 Å². The normalized spacial score (nSPS) is 16.8. The van der Waals surface area contributed by atoms with Crippen LogP contribution >= 0.6 is 23.2 Å². The lowest BCUT2D eigenvalue weighted by Crippen LogP contribution is -2.52. The second-order valence-corrected chi connectivity index (χ2v) is 20.0. The number of aliphatic carboxylic acids is 1. The van der Waals surface area contributed by atoms with E-state index in [1.807, 2.05) is 6.07 Å². The minimum absolute atomic E-state index is 0. The highest BCUT2D eigenvalue weighted by molar-refractivity contribution is 6.32. The summed E-state index contributed by atoms with van der Waals surface area (Å²) in [5, 5.41) is 25.2. The van der Waals surface area contributed by atoms with E-state index in [1.54, 1.807) is 89.2 Å². The summed E-state index contributed by atoms with van der Waals surface area (Å²) < 4.78 is 5.39. The van der Waals surface area contributed by atoms with Gasteiger partial charge in [-0.15, -0.1) is 0 Å². The van der Waals surface area contributed by atoms with Crippen LogP contribution in [0.5, 0.6) is 0 Å². The molecule has 0 saturated carbocycles. The van der Waals surface area contributed by atoms with E-state index < -0.39 is 53.5 Å². The molecule has 2 atom stereocenters. The van der Waals surface area contributed by atoms with E-state index in [0.717, 1.165) is 16.7 Å². The number of nitrogens with one attached hydrogen (secondary N) is 6. The molecule has 2 saturated heterocycles. The fourth-order valence-electron chi connectivity index (χ4n) is 8.82. The van der Waals surface area contributed by atoms with Crippen LogP contribution < -0.4 is 31.9 Å². The van der Waals surface area contributed by atoms with Gasteiger partial charge in [-0.1, -0.05) is 54.9 Å². The van der Waals surface area contributed by atoms with Crippen LogP contribution in [0.3, 0.4) is 0 Å². The van der Waals surface area contributed by atoms with E-state index >= 15 is 0 Å². The Morgan fingerprint density at radius 3 is 1.45 bits per heavy atom. The predicted octanol–water partition coefficient (Wildman–Crippen LogP) is 6.61. The number of carbonyl (C=O) groups excluding carboxylic acids is 9. The number of hydrogen-bond acceptors (Lipinski definition) is 11. The Bertz CT molecular complexity index is 3030. The molecule has 4 aromatic carbocycles. The fraction of sp³-hybridized carbons (Fsp3) is 0.358. The van der Waals surface area contributed by atoms with Crippen molar-refractivity contribution >= 4 is 94.0 Å². The number of urea groups is 2. The summed E-state index contributed by atoms with van der Waals surface area (Å²) in [5.41, 5.74) is 6.53. The Hall–Kier alpha value is -7.84. The molecule has 2 fully saturated rings. The summed E-state index contributed by atoms with van der Waals surface area (Å²) in [6.07, 6.45) is 0.749. The van der Waals surface area contributed by atoms with Gasteiger partial charge >= 0.3 is 24.0 Å². The molecule has 0 aliphatic carbocycles. The van der Waals surface area contributed by atoms with Gasteiger partial charge in [0.2, 0.25) is 23.6 Å². The van der Waals surface area contributed by atoms with Crippen LogP contribution in [0.1, 0.15) is 119 Å². The quantitative estimate of drug-likeness (QED) is 0.0583. The van der Waals surface area contributed by atoms with E-state index in [4.69, 9.17) is 33.0 Å². The second-order valence-electron chi connectivity index (χ2n) is 19.2. The summed E-state index contributed by atoms with van der Waals surface area (Å²) in [5.74, 6) is -3.58. The van der Waals surface area contributed by atoms with E-state index in [2.05, 4.69) is 31.9 Å². The number of piperidine rings is 2. The SMILES string of the molecule is C.Cc1c(Cl)cc(NC(=O)NCc2ccc3c(c2)C(=O)N(C2CCC(=O)NC2=O)C3)cc1CC(=O)O.Cc1c(Cl)cc(NC(=O)NCc2ccc3c(c2)C(=O)N(C2CCC(=O)NC2=O)C3)cc1CC(=O)OC(C)(C)C. The van der Waals surface area contributed by atoms with Crippen molar-refractivity contribution in [3.8, 4) is 0 Å². The first kappa shape index (κ1) is 56.5. The maximum absolute atomic E-state index is 13.0. The molecule has 2 unspecified atom stereocenters. The van der Waals surface area contributed by atoms with Crippen molar-refractivity contribution in [1.82, 2.24) is 31.1 Å². The molecule has 22 heteroatoms. The third kappa shape index (κ3) is 14.1. The Kier molecular flexibility index (Phi) is 17.7. The number of amides is 10. The summed E-state index contributed by atoms with van der Waals surface area (Å²) in [7, 11) is 0. The minimum atomic E-state index is -1.01. The van der Waals surface area contributed by atoms with E-state index in [0.29, 0.717) is 66.8 Å². The molecule has 4 aliphatic heterocycles. The van der Waals surface area contributed by atoms with Gasteiger partial charge in [-0.25, -0.2) is 9.59 Å². The number of nitrogens with zero attached hydrogens (tertiary/aromatic N) is 2. The summed E-state index contributed by atoms with van der Waals surface area (Å²) in [4.78, 5) is 125. The summed E-state index contributed by atoms with van der Waals surface area (Å²) in [6.45, 7) is 9.72. The maximum Gasteiger partial charge on any atom is 0.319 e. The summed E-state index contributed by atoms with van der Waals surface area (Å²) >= 11 is 12.5. The highest BCUT2D eigenvalue weighted by Crippen LogP contribution is 2.31. The Balaban J connectivity index is 0.000000242. The zero-order valence-corrected chi connectivity index (χ0v) is 42.6. The molecule has 396 valence electrons. The second kappa shape index (κ2) is 23.6. The number of carbonyl (C=O) groups is 10. The molecule has 4 heterocycles. The first-order valence-electron chi connectivity index (χ1n) is 23.6. The topological polar surface area (TPSA) is 279 Å². The van der Waals surface area contributed by atoms with E-state index in [9.17, 15) is 47.9 Å². The monoisotopic (exact) mass is 1070 g/mol. The van der Waals surface area contributed by atoms with Crippen molar-refractivity contribution in [2.45, 2.75) is 124 Å². The van der Waals surface area contributed by atoms with Gasteiger partial charge in [0, 0.05) is 71.6 Å². The number of ether oxygens (including phenoxy) is 1. The molecule has 10 amide bonds. The molecule has 0 spiro atoms. The number of esters is 1. The zero-order valence-electron chi connectivity index (χ0n) is 41.1.